The standard InChI is InChI=1S/C27H54S/c1-24(2)20-21-27(3,4)23-25-18-16-14-12-10-8-6-5-7-9-11-13-15-17-19-26(28)22-25/h24-26,28H,5-23H2,1-4H3/t25-,26?/m1/s1. The molecule has 0 heterocycles. The highest BCUT2D eigenvalue weighted by Gasteiger charge is 2.24. The van der Waals surface area contributed by atoms with Gasteiger partial charge in [0.2, 0.25) is 0 Å². The van der Waals surface area contributed by atoms with E-state index >= 15 is 0 Å². The average molecular weight is 411 g/mol. The SMILES string of the molecule is CC(C)CCC(C)(C)C[C@@H]1CCCCCCCCCCCCCCCC(S)C1. The van der Waals surface area contributed by atoms with Gasteiger partial charge in [0.25, 0.3) is 0 Å². The molecule has 0 amide bonds. The maximum absolute atomic E-state index is 5.04. The predicted octanol–water partition coefficient (Wildman–Crippen LogP) is 10.0. The van der Waals surface area contributed by atoms with Gasteiger partial charge in [0, 0.05) is 5.25 Å². The van der Waals surface area contributed by atoms with Gasteiger partial charge in [0.05, 0.1) is 0 Å². The van der Waals surface area contributed by atoms with Gasteiger partial charge in [0.15, 0.2) is 0 Å². The highest BCUT2D eigenvalue weighted by atomic mass is 32.1. The third-order valence-corrected chi connectivity index (χ3v) is 7.46. The van der Waals surface area contributed by atoms with Gasteiger partial charge in [-0.25, -0.2) is 0 Å². The lowest BCUT2D eigenvalue weighted by atomic mass is 9.75. The number of thiol groups is 1. The molecule has 0 N–H and O–H groups in total. The van der Waals surface area contributed by atoms with Crippen molar-refractivity contribution in [3.05, 3.63) is 0 Å². The van der Waals surface area contributed by atoms with Gasteiger partial charge >= 0.3 is 0 Å². The van der Waals surface area contributed by atoms with Crippen molar-refractivity contribution < 1.29 is 0 Å². The Kier molecular flexibility index (Phi) is 15.2. The molecule has 0 aliphatic heterocycles. The van der Waals surface area contributed by atoms with Crippen LogP contribution >= 0.6 is 12.6 Å². The largest absolute Gasteiger partial charge is 0.176 e. The summed E-state index contributed by atoms with van der Waals surface area (Å²) < 4.78 is 0. The highest BCUT2D eigenvalue weighted by molar-refractivity contribution is 7.80. The maximum atomic E-state index is 5.04. The fraction of sp³-hybridized carbons (Fsp3) is 1.00. The Morgan fingerprint density at radius 2 is 1.14 bits per heavy atom. The minimum Gasteiger partial charge on any atom is -0.176 e. The van der Waals surface area contributed by atoms with Crippen molar-refractivity contribution in [2.45, 2.75) is 155 Å². The van der Waals surface area contributed by atoms with Crippen molar-refractivity contribution in [3.63, 3.8) is 0 Å². The Hall–Kier alpha value is 0.350. The highest BCUT2D eigenvalue weighted by Crippen LogP contribution is 2.37. The second kappa shape index (κ2) is 16.1. The van der Waals surface area contributed by atoms with E-state index in [9.17, 15) is 0 Å². The van der Waals surface area contributed by atoms with Gasteiger partial charge in [-0.1, -0.05) is 124 Å². The molecule has 0 aromatic carbocycles. The van der Waals surface area contributed by atoms with Crippen LogP contribution in [0.3, 0.4) is 0 Å². The lowest BCUT2D eigenvalue weighted by Crippen LogP contribution is -2.20. The molecule has 1 heteroatoms. The van der Waals surface area contributed by atoms with Crippen LogP contribution in [0.2, 0.25) is 0 Å². The van der Waals surface area contributed by atoms with E-state index in [-0.39, 0.29) is 0 Å². The van der Waals surface area contributed by atoms with Crippen molar-refractivity contribution in [1.29, 1.82) is 0 Å². The molecule has 1 rings (SSSR count). The predicted molar refractivity (Wildman–Crippen MR) is 133 cm³/mol. The van der Waals surface area contributed by atoms with Crippen LogP contribution in [-0.2, 0) is 0 Å². The molecule has 1 aliphatic rings. The van der Waals surface area contributed by atoms with Crippen LogP contribution in [0.4, 0.5) is 0 Å². The van der Waals surface area contributed by atoms with E-state index in [4.69, 9.17) is 12.6 Å². The van der Waals surface area contributed by atoms with E-state index in [0.29, 0.717) is 10.7 Å². The molecular formula is C27H54S. The summed E-state index contributed by atoms with van der Waals surface area (Å²) in [7, 11) is 0. The summed E-state index contributed by atoms with van der Waals surface area (Å²) in [5.74, 6) is 1.73. The lowest BCUT2D eigenvalue weighted by Gasteiger charge is -2.32. The number of rotatable bonds is 5. The smallest absolute Gasteiger partial charge is 0.00194 e. The molecule has 168 valence electrons. The van der Waals surface area contributed by atoms with Crippen molar-refractivity contribution >= 4 is 12.6 Å². The summed E-state index contributed by atoms with van der Waals surface area (Å²) in [6.45, 7) is 9.79. The molecule has 0 bridgehead atoms. The van der Waals surface area contributed by atoms with Crippen LogP contribution in [0, 0.1) is 17.3 Å². The topological polar surface area (TPSA) is 0 Å². The molecule has 0 aromatic rings. The van der Waals surface area contributed by atoms with Crippen LogP contribution in [0.1, 0.15) is 150 Å². The zero-order valence-electron chi connectivity index (χ0n) is 20.1. The molecule has 0 aromatic heterocycles. The molecule has 1 saturated carbocycles. The van der Waals surface area contributed by atoms with Gasteiger partial charge in [-0.2, -0.15) is 12.6 Å². The Labute approximate surface area is 184 Å². The molecule has 0 radical (unpaired) electrons. The van der Waals surface area contributed by atoms with Crippen LogP contribution < -0.4 is 0 Å². The fourth-order valence-electron chi connectivity index (χ4n) is 5.13. The number of hydrogen-bond donors (Lipinski definition) is 1. The summed E-state index contributed by atoms with van der Waals surface area (Å²) in [6.07, 6.45) is 27.3. The van der Waals surface area contributed by atoms with E-state index < -0.39 is 0 Å². The Bertz CT molecular complexity index is 346. The molecule has 1 aliphatic carbocycles. The van der Waals surface area contributed by atoms with Crippen LogP contribution in [-0.4, -0.2) is 5.25 Å². The van der Waals surface area contributed by atoms with Crippen LogP contribution in [0.15, 0.2) is 0 Å². The summed E-state index contributed by atoms with van der Waals surface area (Å²) in [6, 6.07) is 0. The third-order valence-electron chi connectivity index (χ3n) is 6.99. The molecule has 28 heavy (non-hydrogen) atoms. The quantitative estimate of drug-likeness (QED) is 0.428. The second-order valence-electron chi connectivity index (χ2n) is 11.2. The molecule has 2 atom stereocenters. The minimum atomic E-state index is 0.499. The van der Waals surface area contributed by atoms with E-state index in [1.54, 1.807) is 0 Å². The van der Waals surface area contributed by atoms with Gasteiger partial charge < -0.3 is 0 Å². The van der Waals surface area contributed by atoms with E-state index in [1.807, 2.05) is 0 Å². The van der Waals surface area contributed by atoms with Gasteiger partial charge in [0.1, 0.15) is 0 Å². The molecule has 0 saturated heterocycles. The van der Waals surface area contributed by atoms with Gasteiger partial charge in [-0.05, 0) is 42.9 Å². The normalized spacial score (nSPS) is 25.9. The molecule has 0 spiro atoms. The zero-order chi connectivity index (χ0) is 20.7. The van der Waals surface area contributed by atoms with Crippen molar-refractivity contribution in [1.82, 2.24) is 0 Å². The monoisotopic (exact) mass is 410 g/mol. The van der Waals surface area contributed by atoms with Crippen molar-refractivity contribution in [2.24, 2.45) is 17.3 Å². The summed E-state index contributed by atoms with van der Waals surface area (Å²) in [5.41, 5.74) is 0.499. The Morgan fingerprint density at radius 1 is 0.714 bits per heavy atom. The molecule has 1 fully saturated rings. The van der Waals surface area contributed by atoms with Crippen molar-refractivity contribution in [2.75, 3.05) is 0 Å². The third kappa shape index (κ3) is 15.2. The first-order chi connectivity index (χ1) is 13.4. The van der Waals surface area contributed by atoms with E-state index in [0.717, 1.165) is 11.8 Å². The Morgan fingerprint density at radius 3 is 1.61 bits per heavy atom. The number of hydrogen-bond acceptors (Lipinski definition) is 1. The summed E-state index contributed by atoms with van der Waals surface area (Å²) in [4.78, 5) is 0. The Balaban J connectivity index is 2.50. The van der Waals surface area contributed by atoms with E-state index in [2.05, 4.69) is 27.7 Å². The lowest BCUT2D eigenvalue weighted by molar-refractivity contribution is 0.213. The maximum Gasteiger partial charge on any atom is 0.00194 e. The molecule has 0 nitrogen and oxygen atoms in total. The van der Waals surface area contributed by atoms with Crippen molar-refractivity contribution in [3.8, 4) is 0 Å². The minimum absolute atomic E-state index is 0.499. The first kappa shape index (κ1) is 26.4. The van der Waals surface area contributed by atoms with Gasteiger partial charge in [-0.15, -0.1) is 0 Å². The van der Waals surface area contributed by atoms with Crippen LogP contribution in [0.25, 0.3) is 0 Å². The molecular weight excluding hydrogens is 356 g/mol. The van der Waals surface area contributed by atoms with Gasteiger partial charge in [-0.3, -0.25) is 0 Å². The first-order valence-electron chi connectivity index (χ1n) is 13.1. The average Bonchev–Trinajstić information content (AvgIpc) is 2.62. The fourth-order valence-corrected chi connectivity index (χ4v) is 5.61. The summed E-state index contributed by atoms with van der Waals surface area (Å²) >= 11 is 5.04. The molecule has 1 unspecified atom stereocenters. The first-order valence-corrected chi connectivity index (χ1v) is 13.6. The van der Waals surface area contributed by atoms with E-state index in [1.165, 1.54) is 122 Å². The second-order valence-corrected chi connectivity index (χ2v) is 12.0. The van der Waals surface area contributed by atoms with Crippen LogP contribution in [0.5, 0.6) is 0 Å². The summed E-state index contributed by atoms with van der Waals surface area (Å²) in [5, 5.41) is 0.629. The zero-order valence-corrected chi connectivity index (χ0v) is 21.0.